The van der Waals surface area contributed by atoms with Crippen molar-refractivity contribution < 1.29 is 9.53 Å². The van der Waals surface area contributed by atoms with Gasteiger partial charge in [-0.15, -0.1) is 0 Å². The monoisotopic (exact) mass is 281 g/mol. The second-order valence-corrected chi connectivity index (χ2v) is 5.24. The van der Waals surface area contributed by atoms with Gasteiger partial charge in [-0.1, -0.05) is 13.8 Å². The molecule has 0 fully saturated rings. The van der Waals surface area contributed by atoms with Crippen LogP contribution in [0.15, 0.2) is 12.4 Å². The zero-order valence-electron chi connectivity index (χ0n) is 13.1. The van der Waals surface area contributed by atoms with Crippen molar-refractivity contribution in [2.45, 2.75) is 58.5 Å². The summed E-state index contributed by atoms with van der Waals surface area (Å²) >= 11 is 0. The average molecular weight is 281 g/mol. The molecule has 1 atom stereocenters. The van der Waals surface area contributed by atoms with E-state index in [9.17, 15) is 4.79 Å². The Labute approximate surface area is 121 Å². The molecule has 1 heterocycles. The third-order valence-electron chi connectivity index (χ3n) is 3.59. The molecular formula is C15H27N3O2. The Morgan fingerprint density at radius 2 is 2.25 bits per heavy atom. The molecule has 1 aromatic heterocycles. The van der Waals surface area contributed by atoms with E-state index in [0.29, 0.717) is 0 Å². The fraction of sp³-hybridized carbons (Fsp3) is 0.733. The number of aryl methyl sites for hydroxylation is 2. The van der Waals surface area contributed by atoms with Crippen LogP contribution in [0.3, 0.4) is 0 Å². The smallest absolute Gasteiger partial charge is 0.325 e. The number of esters is 1. The summed E-state index contributed by atoms with van der Waals surface area (Å²) in [5.74, 6) is 0.901. The summed E-state index contributed by atoms with van der Waals surface area (Å²) < 4.78 is 7.07. The van der Waals surface area contributed by atoms with Crippen LogP contribution in [0.2, 0.25) is 0 Å². The van der Waals surface area contributed by atoms with Gasteiger partial charge < -0.3 is 14.6 Å². The second kappa shape index (κ2) is 8.04. The molecule has 0 bridgehead atoms. The summed E-state index contributed by atoms with van der Waals surface area (Å²) in [7, 11) is 1.44. The van der Waals surface area contributed by atoms with Gasteiger partial charge in [-0.2, -0.15) is 0 Å². The number of imidazole rings is 1. The highest BCUT2D eigenvalue weighted by Crippen LogP contribution is 2.16. The number of carbonyl (C=O) groups is 1. The Hall–Kier alpha value is -1.36. The van der Waals surface area contributed by atoms with Crippen LogP contribution in [-0.2, 0) is 22.5 Å². The molecule has 114 valence electrons. The molecule has 0 saturated heterocycles. The standard InChI is InChI=1S/C15H27N3O2/c1-5-9-17-15(3,14(19)20-4)8-7-11-18-12-10-16-13(18)6-2/h10,12,17H,5-9,11H2,1-4H3. The molecule has 0 aliphatic carbocycles. The van der Waals surface area contributed by atoms with Crippen LogP contribution in [0, 0.1) is 0 Å². The van der Waals surface area contributed by atoms with E-state index >= 15 is 0 Å². The first kappa shape index (κ1) is 16.7. The largest absolute Gasteiger partial charge is 0.468 e. The summed E-state index contributed by atoms with van der Waals surface area (Å²) in [6.45, 7) is 7.80. The van der Waals surface area contributed by atoms with Gasteiger partial charge in [-0.05, 0) is 32.7 Å². The number of ether oxygens (including phenoxy) is 1. The molecule has 0 radical (unpaired) electrons. The number of nitrogens with zero attached hydrogens (tertiary/aromatic N) is 2. The maximum atomic E-state index is 12.0. The molecule has 0 aromatic carbocycles. The molecule has 1 aromatic rings. The summed E-state index contributed by atoms with van der Waals surface area (Å²) in [6.07, 6.45) is 7.40. The lowest BCUT2D eigenvalue weighted by molar-refractivity contribution is -0.148. The summed E-state index contributed by atoms with van der Waals surface area (Å²) in [5, 5.41) is 3.31. The van der Waals surface area contributed by atoms with Gasteiger partial charge in [0.2, 0.25) is 0 Å². The van der Waals surface area contributed by atoms with Crippen molar-refractivity contribution in [3.63, 3.8) is 0 Å². The summed E-state index contributed by atoms with van der Waals surface area (Å²) in [6, 6.07) is 0. The first-order chi connectivity index (χ1) is 9.57. The van der Waals surface area contributed by atoms with Gasteiger partial charge in [-0.25, -0.2) is 4.98 Å². The van der Waals surface area contributed by atoms with Crippen LogP contribution in [0.5, 0.6) is 0 Å². The minimum atomic E-state index is -0.599. The number of methoxy groups -OCH3 is 1. The predicted molar refractivity (Wildman–Crippen MR) is 79.6 cm³/mol. The highest BCUT2D eigenvalue weighted by molar-refractivity contribution is 5.80. The average Bonchev–Trinajstić information content (AvgIpc) is 2.91. The van der Waals surface area contributed by atoms with Gasteiger partial charge in [0.05, 0.1) is 7.11 Å². The Morgan fingerprint density at radius 3 is 2.85 bits per heavy atom. The van der Waals surface area contributed by atoms with E-state index < -0.39 is 5.54 Å². The highest BCUT2D eigenvalue weighted by Gasteiger charge is 2.32. The Bertz CT molecular complexity index is 417. The van der Waals surface area contributed by atoms with Crippen molar-refractivity contribution in [3.05, 3.63) is 18.2 Å². The predicted octanol–water partition coefficient (Wildman–Crippen LogP) is 2.16. The summed E-state index contributed by atoms with van der Waals surface area (Å²) in [4.78, 5) is 16.3. The zero-order chi connectivity index (χ0) is 15.0. The third-order valence-corrected chi connectivity index (χ3v) is 3.59. The number of rotatable bonds is 9. The van der Waals surface area contributed by atoms with Gasteiger partial charge in [-0.3, -0.25) is 4.79 Å². The van der Waals surface area contributed by atoms with Gasteiger partial charge in [0, 0.05) is 25.4 Å². The van der Waals surface area contributed by atoms with E-state index in [1.165, 1.54) is 7.11 Å². The molecule has 0 amide bonds. The van der Waals surface area contributed by atoms with Crippen LogP contribution in [0.1, 0.15) is 45.9 Å². The van der Waals surface area contributed by atoms with Crippen LogP contribution in [-0.4, -0.2) is 34.7 Å². The number of hydrogen-bond acceptors (Lipinski definition) is 4. The van der Waals surface area contributed by atoms with E-state index in [0.717, 1.165) is 44.6 Å². The topological polar surface area (TPSA) is 56.2 Å². The fourth-order valence-corrected chi connectivity index (χ4v) is 2.35. The lowest BCUT2D eigenvalue weighted by atomic mass is 9.95. The fourth-order valence-electron chi connectivity index (χ4n) is 2.35. The SMILES string of the molecule is CCCNC(C)(CCCn1ccnc1CC)C(=O)OC. The van der Waals surface area contributed by atoms with Gasteiger partial charge in [0.1, 0.15) is 11.4 Å². The first-order valence-electron chi connectivity index (χ1n) is 7.40. The van der Waals surface area contributed by atoms with Crippen molar-refractivity contribution in [2.75, 3.05) is 13.7 Å². The molecule has 0 spiro atoms. The quantitative estimate of drug-likeness (QED) is 0.705. The number of carbonyl (C=O) groups excluding carboxylic acids is 1. The Balaban J connectivity index is 2.56. The molecule has 1 rings (SSSR count). The van der Waals surface area contributed by atoms with Crippen molar-refractivity contribution >= 4 is 5.97 Å². The highest BCUT2D eigenvalue weighted by atomic mass is 16.5. The number of aromatic nitrogens is 2. The van der Waals surface area contributed by atoms with E-state index in [1.807, 2.05) is 19.3 Å². The molecule has 20 heavy (non-hydrogen) atoms. The minimum absolute atomic E-state index is 0.188. The van der Waals surface area contributed by atoms with E-state index in [4.69, 9.17) is 4.74 Å². The number of hydrogen-bond donors (Lipinski definition) is 1. The molecule has 1 N–H and O–H groups in total. The normalized spacial score (nSPS) is 14.0. The van der Waals surface area contributed by atoms with Gasteiger partial charge >= 0.3 is 5.97 Å². The van der Waals surface area contributed by atoms with Gasteiger partial charge in [0.25, 0.3) is 0 Å². The number of nitrogens with one attached hydrogen (secondary N) is 1. The van der Waals surface area contributed by atoms with Crippen molar-refractivity contribution in [3.8, 4) is 0 Å². The minimum Gasteiger partial charge on any atom is -0.468 e. The Morgan fingerprint density at radius 1 is 1.50 bits per heavy atom. The van der Waals surface area contributed by atoms with Crippen LogP contribution < -0.4 is 5.32 Å². The van der Waals surface area contributed by atoms with Crippen molar-refractivity contribution in [1.29, 1.82) is 0 Å². The van der Waals surface area contributed by atoms with E-state index in [2.05, 4.69) is 28.7 Å². The lowest BCUT2D eigenvalue weighted by Gasteiger charge is -2.28. The van der Waals surface area contributed by atoms with Crippen LogP contribution in [0.25, 0.3) is 0 Å². The van der Waals surface area contributed by atoms with Gasteiger partial charge in [0.15, 0.2) is 0 Å². The maximum Gasteiger partial charge on any atom is 0.325 e. The molecule has 5 nitrogen and oxygen atoms in total. The lowest BCUT2D eigenvalue weighted by Crippen LogP contribution is -2.50. The molecule has 0 aliphatic rings. The molecule has 1 unspecified atom stereocenters. The molecule has 0 saturated carbocycles. The van der Waals surface area contributed by atoms with Crippen molar-refractivity contribution in [1.82, 2.24) is 14.9 Å². The van der Waals surface area contributed by atoms with Crippen molar-refractivity contribution in [2.24, 2.45) is 0 Å². The van der Waals surface area contributed by atoms with Crippen LogP contribution in [0.4, 0.5) is 0 Å². The van der Waals surface area contributed by atoms with E-state index in [-0.39, 0.29) is 5.97 Å². The molecule has 5 heteroatoms. The third kappa shape index (κ3) is 4.34. The maximum absolute atomic E-state index is 12.0. The second-order valence-electron chi connectivity index (χ2n) is 5.24. The first-order valence-corrected chi connectivity index (χ1v) is 7.40. The Kier molecular flexibility index (Phi) is 6.71. The van der Waals surface area contributed by atoms with Crippen LogP contribution >= 0.6 is 0 Å². The zero-order valence-corrected chi connectivity index (χ0v) is 13.1. The van der Waals surface area contributed by atoms with E-state index in [1.54, 1.807) is 0 Å². The molecular weight excluding hydrogens is 254 g/mol. The summed E-state index contributed by atoms with van der Waals surface area (Å²) in [5.41, 5.74) is -0.599. The molecule has 0 aliphatic heterocycles.